The highest BCUT2D eigenvalue weighted by Gasteiger charge is 2.18. The molecular formula is C21H22FN3O. The number of piperazine rings is 1. The van der Waals surface area contributed by atoms with Crippen molar-refractivity contribution in [2.75, 3.05) is 31.1 Å². The van der Waals surface area contributed by atoms with Gasteiger partial charge in [-0.15, -0.1) is 0 Å². The number of nitrogens with zero attached hydrogens (tertiary/aromatic N) is 2. The van der Waals surface area contributed by atoms with Crippen LogP contribution in [0, 0.1) is 5.82 Å². The van der Waals surface area contributed by atoms with Crippen LogP contribution in [-0.2, 0) is 6.54 Å². The number of anilines is 1. The van der Waals surface area contributed by atoms with Crippen molar-refractivity contribution in [1.29, 1.82) is 0 Å². The lowest BCUT2D eigenvalue weighted by Gasteiger charge is -2.30. The van der Waals surface area contributed by atoms with E-state index >= 15 is 0 Å². The summed E-state index contributed by atoms with van der Waals surface area (Å²) < 4.78 is 16.9. The monoisotopic (exact) mass is 351 g/mol. The number of fused-ring (bicyclic) bond motifs is 1. The molecule has 1 N–H and O–H groups in total. The number of halogens is 1. The number of aromatic nitrogens is 1. The molecule has 26 heavy (non-hydrogen) atoms. The van der Waals surface area contributed by atoms with Crippen LogP contribution in [0.3, 0.4) is 0 Å². The molecule has 1 aromatic heterocycles. The summed E-state index contributed by atoms with van der Waals surface area (Å²) in [6.07, 6.45) is 1.89. The third-order valence-corrected chi connectivity index (χ3v) is 5.03. The Morgan fingerprint density at radius 2 is 1.85 bits per heavy atom. The minimum atomic E-state index is -0.329. The molecule has 0 unspecified atom stereocenters. The maximum atomic E-state index is 14.8. The van der Waals surface area contributed by atoms with E-state index in [0.717, 1.165) is 37.3 Å². The van der Waals surface area contributed by atoms with E-state index in [-0.39, 0.29) is 11.2 Å². The van der Waals surface area contributed by atoms with Crippen LogP contribution in [0.2, 0.25) is 0 Å². The molecule has 0 aliphatic carbocycles. The standard InChI is InChI=1S/C21H22FN3O/c1-2-24-14-17(15-6-4-3-5-7-15)21(26)16-12-18(22)20(13-19(16)24)25-10-8-23-9-11-25/h3-7,12-14,23H,2,8-11H2,1H3. The molecule has 4 nitrogen and oxygen atoms in total. The summed E-state index contributed by atoms with van der Waals surface area (Å²) in [7, 11) is 0. The topological polar surface area (TPSA) is 37.3 Å². The summed E-state index contributed by atoms with van der Waals surface area (Å²) in [4.78, 5) is 15.1. The van der Waals surface area contributed by atoms with E-state index < -0.39 is 0 Å². The average molecular weight is 351 g/mol. The second-order valence-corrected chi connectivity index (χ2v) is 6.58. The predicted octanol–water partition coefficient (Wildman–Crippen LogP) is 3.24. The minimum absolute atomic E-state index is 0.123. The number of aryl methyl sites for hydroxylation is 1. The Morgan fingerprint density at radius 3 is 2.54 bits per heavy atom. The van der Waals surface area contributed by atoms with E-state index in [1.807, 2.05) is 59.0 Å². The first-order valence-electron chi connectivity index (χ1n) is 9.07. The third kappa shape index (κ3) is 2.88. The van der Waals surface area contributed by atoms with E-state index in [0.29, 0.717) is 23.2 Å². The third-order valence-electron chi connectivity index (χ3n) is 5.03. The molecule has 0 atom stereocenters. The zero-order chi connectivity index (χ0) is 18.1. The van der Waals surface area contributed by atoms with Crippen molar-refractivity contribution in [3.05, 3.63) is 64.7 Å². The van der Waals surface area contributed by atoms with Gasteiger partial charge >= 0.3 is 0 Å². The van der Waals surface area contributed by atoms with Crippen LogP contribution in [0.15, 0.2) is 53.5 Å². The predicted molar refractivity (Wildman–Crippen MR) is 104 cm³/mol. The molecule has 0 bridgehead atoms. The Kier molecular flexibility index (Phi) is 4.47. The molecule has 1 saturated heterocycles. The molecular weight excluding hydrogens is 329 g/mol. The van der Waals surface area contributed by atoms with Crippen LogP contribution in [0.25, 0.3) is 22.0 Å². The second-order valence-electron chi connectivity index (χ2n) is 6.58. The van der Waals surface area contributed by atoms with Crippen LogP contribution in [-0.4, -0.2) is 30.7 Å². The SMILES string of the molecule is CCn1cc(-c2ccccc2)c(=O)c2cc(F)c(N3CCNCC3)cc21. The number of hydrogen-bond acceptors (Lipinski definition) is 3. The van der Waals surface area contributed by atoms with Gasteiger partial charge in [-0.3, -0.25) is 4.79 Å². The summed E-state index contributed by atoms with van der Waals surface area (Å²) in [6.45, 7) is 5.95. The Balaban J connectivity index is 1.93. The van der Waals surface area contributed by atoms with Gasteiger partial charge in [0.25, 0.3) is 0 Å². The van der Waals surface area contributed by atoms with Gasteiger partial charge in [0.05, 0.1) is 11.2 Å². The first kappa shape index (κ1) is 16.8. The van der Waals surface area contributed by atoms with Crippen molar-refractivity contribution >= 4 is 16.6 Å². The normalized spacial score (nSPS) is 14.8. The van der Waals surface area contributed by atoms with Gasteiger partial charge in [-0.2, -0.15) is 0 Å². The molecule has 1 aliphatic heterocycles. The zero-order valence-electron chi connectivity index (χ0n) is 14.8. The van der Waals surface area contributed by atoms with Crippen molar-refractivity contribution in [2.24, 2.45) is 0 Å². The maximum absolute atomic E-state index is 14.8. The Morgan fingerprint density at radius 1 is 1.12 bits per heavy atom. The Labute approximate surface area is 151 Å². The quantitative estimate of drug-likeness (QED) is 0.787. The summed E-state index contributed by atoms with van der Waals surface area (Å²) in [5.41, 5.74) is 2.70. The van der Waals surface area contributed by atoms with Crippen molar-refractivity contribution in [3.8, 4) is 11.1 Å². The minimum Gasteiger partial charge on any atom is -0.367 e. The number of benzene rings is 2. The lowest BCUT2D eigenvalue weighted by atomic mass is 10.0. The highest BCUT2D eigenvalue weighted by Crippen LogP contribution is 2.27. The van der Waals surface area contributed by atoms with Gasteiger partial charge in [0.2, 0.25) is 0 Å². The van der Waals surface area contributed by atoms with E-state index in [9.17, 15) is 9.18 Å². The zero-order valence-corrected chi connectivity index (χ0v) is 14.8. The number of hydrogen-bond donors (Lipinski definition) is 1. The van der Waals surface area contributed by atoms with Gasteiger partial charge in [-0.05, 0) is 24.6 Å². The average Bonchev–Trinajstić information content (AvgIpc) is 2.69. The van der Waals surface area contributed by atoms with E-state index in [1.54, 1.807) is 0 Å². The van der Waals surface area contributed by atoms with Gasteiger partial charge < -0.3 is 14.8 Å². The van der Waals surface area contributed by atoms with Gasteiger partial charge in [-0.1, -0.05) is 30.3 Å². The number of pyridine rings is 1. The smallest absolute Gasteiger partial charge is 0.197 e. The number of nitrogens with one attached hydrogen (secondary N) is 1. The molecule has 4 rings (SSSR count). The molecule has 0 spiro atoms. The summed E-state index contributed by atoms with van der Waals surface area (Å²) >= 11 is 0. The molecule has 2 aromatic carbocycles. The molecule has 5 heteroatoms. The maximum Gasteiger partial charge on any atom is 0.197 e. The first-order chi connectivity index (χ1) is 12.7. The molecule has 1 aliphatic rings. The van der Waals surface area contributed by atoms with Crippen LogP contribution < -0.4 is 15.6 Å². The molecule has 134 valence electrons. The van der Waals surface area contributed by atoms with Gasteiger partial charge in [0.1, 0.15) is 5.82 Å². The van der Waals surface area contributed by atoms with Crippen molar-refractivity contribution < 1.29 is 4.39 Å². The molecule has 2 heterocycles. The molecule has 0 radical (unpaired) electrons. The van der Waals surface area contributed by atoms with Crippen molar-refractivity contribution in [1.82, 2.24) is 9.88 Å². The van der Waals surface area contributed by atoms with E-state index in [1.165, 1.54) is 6.07 Å². The fourth-order valence-corrected chi connectivity index (χ4v) is 3.63. The highest BCUT2D eigenvalue weighted by atomic mass is 19.1. The molecule has 0 amide bonds. The highest BCUT2D eigenvalue weighted by molar-refractivity contribution is 5.87. The van der Waals surface area contributed by atoms with Gasteiger partial charge in [0, 0.05) is 49.9 Å². The van der Waals surface area contributed by atoms with Crippen molar-refractivity contribution in [3.63, 3.8) is 0 Å². The molecule has 3 aromatic rings. The molecule has 0 saturated carbocycles. The van der Waals surface area contributed by atoms with Crippen LogP contribution in [0.4, 0.5) is 10.1 Å². The van der Waals surface area contributed by atoms with Gasteiger partial charge in [-0.25, -0.2) is 4.39 Å². The number of rotatable bonds is 3. The lowest BCUT2D eigenvalue weighted by molar-refractivity contribution is 0.567. The Hall–Kier alpha value is -2.66. The fourth-order valence-electron chi connectivity index (χ4n) is 3.63. The van der Waals surface area contributed by atoms with Crippen LogP contribution in [0.1, 0.15) is 6.92 Å². The largest absolute Gasteiger partial charge is 0.367 e. The molecule has 1 fully saturated rings. The first-order valence-corrected chi connectivity index (χ1v) is 9.07. The Bertz CT molecular complexity index is 992. The summed E-state index contributed by atoms with van der Waals surface area (Å²) in [6, 6.07) is 12.8. The van der Waals surface area contributed by atoms with E-state index in [4.69, 9.17) is 0 Å². The van der Waals surface area contributed by atoms with Crippen LogP contribution >= 0.6 is 0 Å². The second kappa shape index (κ2) is 6.92. The summed E-state index contributed by atoms with van der Waals surface area (Å²) in [5, 5.41) is 3.71. The van der Waals surface area contributed by atoms with Crippen molar-refractivity contribution in [2.45, 2.75) is 13.5 Å². The van der Waals surface area contributed by atoms with Crippen LogP contribution in [0.5, 0.6) is 0 Å². The fraction of sp³-hybridized carbons (Fsp3) is 0.286. The lowest BCUT2D eigenvalue weighted by Crippen LogP contribution is -2.43. The van der Waals surface area contributed by atoms with Gasteiger partial charge in [0.15, 0.2) is 5.43 Å². The van der Waals surface area contributed by atoms with E-state index in [2.05, 4.69) is 5.32 Å². The summed E-state index contributed by atoms with van der Waals surface area (Å²) in [5.74, 6) is -0.329.